The molecule has 4 aliphatic carbocycles. The predicted octanol–water partition coefficient (Wildman–Crippen LogP) is 6.51. The van der Waals surface area contributed by atoms with E-state index in [0.29, 0.717) is 37.4 Å². The van der Waals surface area contributed by atoms with E-state index in [-0.39, 0.29) is 28.7 Å². The zero-order valence-electron chi connectivity index (χ0n) is 26.7. The number of carbonyl (C=O) groups is 1. The van der Waals surface area contributed by atoms with Crippen LogP contribution in [-0.2, 0) is 22.5 Å². The molecule has 7 nitrogen and oxygen atoms in total. The number of Topliss-reactive ketones (excluding diaryl/α,β-unsaturated/α-hetero) is 1. The van der Waals surface area contributed by atoms with E-state index >= 15 is 0 Å². The second-order valence-corrected chi connectivity index (χ2v) is 13.7. The van der Waals surface area contributed by atoms with Gasteiger partial charge in [0.1, 0.15) is 5.76 Å². The summed E-state index contributed by atoms with van der Waals surface area (Å²) in [5.74, 6) is 0.168. The Morgan fingerprint density at radius 3 is 2.58 bits per heavy atom. The van der Waals surface area contributed by atoms with Crippen molar-refractivity contribution in [3.8, 4) is 6.07 Å². The van der Waals surface area contributed by atoms with Crippen molar-refractivity contribution in [2.24, 2.45) is 27.9 Å². The first-order valence-corrected chi connectivity index (χ1v) is 15.4. The molecule has 43 heavy (non-hydrogen) atoms. The molecule has 1 saturated carbocycles. The third kappa shape index (κ3) is 4.09. The van der Waals surface area contributed by atoms with Crippen molar-refractivity contribution in [1.82, 2.24) is 5.32 Å². The molecule has 0 amide bonds. The van der Waals surface area contributed by atoms with Crippen LogP contribution in [0.25, 0.3) is 5.57 Å². The number of rotatable bonds is 9. The third-order valence-corrected chi connectivity index (χ3v) is 11.0. The zero-order valence-corrected chi connectivity index (χ0v) is 26.7. The standard InChI is InChI=1S/C36H46N4O3/c1-10-11-14-43-23(5)39-18-24-15-28(40(8)9)25-16-34(6)19-36-13-12-27(36)26(17-37)30(22(4)38)32(41)35(36,7)33(42)31(34)21(3)29(25)20(24)2/h15,27,39,42H,3-5,10-14,16,18-19,38H2,1-2,6-9H3/t27-,34+,35+,36+/m1/s1. The van der Waals surface area contributed by atoms with E-state index in [4.69, 9.17) is 10.5 Å². The molecule has 4 N–H and O–H groups in total. The first-order chi connectivity index (χ1) is 20.2. The van der Waals surface area contributed by atoms with Crippen LogP contribution < -0.4 is 16.0 Å². The lowest BCUT2D eigenvalue weighted by molar-refractivity contribution is -0.157. The topological polar surface area (TPSA) is 112 Å². The Kier molecular flexibility index (Phi) is 7.36. The second kappa shape index (κ2) is 10.4. The van der Waals surface area contributed by atoms with E-state index in [0.717, 1.165) is 59.2 Å². The van der Waals surface area contributed by atoms with Gasteiger partial charge in [-0.25, -0.2) is 0 Å². The Morgan fingerprint density at radius 1 is 1.33 bits per heavy atom. The molecule has 5 rings (SSSR count). The van der Waals surface area contributed by atoms with Crippen molar-refractivity contribution in [3.05, 3.63) is 82.1 Å². The molecule has 0 aliphatic heterocycles. The number of ether oxygens (including phenoxy) is 1. The normalized spacial score (nSPS) is 29.0. The van der Waals surface area contributed by atoms with Gasteiger partial charge < -0.3 is 25.8 Å². The molecular weight excluding hydrogens is 536 g/mol. The van der Waals surface area contributed by atoms with Crippen molar-refractivity contribution in [1.29, 1.82) is 5.26 Å². The third-order valence-electron chi connectivity index (χ3n) is 11.0. The lowest BCUT2D eigenvalue weighted by Gasteiger charge is -2.67. The first kappa shape index (κ1) is 30.5. The van der Waals surface area contributed by atoms with Crippen LogP contribution in [0.1, 0.15) is 75.1 Å². The number of aliphatic hydroxyl groups excluding tert-OH is 1. The fourth-order valence-electron chi connectivity index (χ4n) is 8.74. The molecule has 0 aromatic heterocycles. The number of hydrogen-bond acceptors (Lipinski definition) is 7. The molecule has 1 fully saturated rings. The maximum absolute atomic E-state index is 14.3. The van der Waals surface area contributed by atoms with Crippen molar-refractivity contribution >= 4 is 17.0 Å². The van der Waals surface area contributed by atoms with Gasteiger partial charge >= 0.3 is 0 Å². The molecular formula is C36H46N4O3. The van der Waals surface area contributed by atoms with Gasteiger partial charge in [-0.05, 0) is 91.8 Å². The molecule has 228 valence electrons. The van der Waals surface area contributed by atoms with Crippen LogP contribution >= 0.6 is 0 Å². The van der Waals surface area contributed by atoms with Crippen LogP contribution in [0.15, 0.2) is 59.9 Å². The van der Waals surface area contributed by atoms with Crippen LogP contribution in [0, 0.1) is 40.4 Å². The van der Waals surface area contributed by atoms with E-state index in [1.807, 2.05) is 21.0 Å². The van der Waals surface area contributed by atoms with Gasteiger partial charge in [-0.15, -0.1) is 0 Å². The smallest absolute Gasteiger partial charge is 0.179 e. The maximum atomic E-state index is 14.3. The summed E-state index contributed by atoms with van der Waals surface area (Å²) in [6.07, 6.45) is 4.93. The molecule has 0 bridgehead atoms. The van der Waals surface area contributed by atoms with E-state index in [2.05, 4.69) is 62.9 Å². The quantitative estimate of drug-likeness (QED) is 0.225. The number of nitrogens with two attached hydrogens (primary N) is 1. The molecule has 4 aliphatic rings. The Balaban J connectivity index is 1.65. The molecule has 0 heterocycles. The molecule has 1 aromatic rings. The van der Waals surface area contributed by atoms with Gasteiger partial charge in [0.15, 0.2) is 11.7 Å². The van der Waals surface area contributed by atoms with Crippen molar-refractivity contribution in [2.45, 2.75) is 72.8 Å². The Labute approximate surface area is 256 Å². The van der Waals surface area contributed by atoms with Crippen molar-refractivity contribution < 1.29 is 14.6 Å². The Hall–Kier alpha value is -3.92. The average Bonchev–Trinajstić information content (AvgIpc) is 2.92. The average molecular weight is 583 g/mol. The van der Waals surface area contributed by atoms with E-state index in [9.17, 15) is 15.2 Å². The van der Waals surface area contributed by atoms with Crippen LogP contribution in [0.5, 0.6) is 0 Å². The Morgan fingerprint density at radius 2 is 2.02 bits per heavy atom. The number of nitrogens with one attached hydrogen (secondary N) is 1. The summed E-state index contributed by atoms with van der Waals surface area (Å²) in [5, 5.41) is 25.9. The van der Waals surface area contributed by atoms with Gasteiger partial charge in [-0.2, -0.15) is 5.26 Å². The number of nitrogens with zero attached hydrogens (tertiary/aromatic N) is 2. The molecule has 0 unspecified atom stereocenters. The number of allylic oxidation sites excluding steroid dienone is 5. The number of benzene rings is 1. The number of aliphatic hydroxyl groups is 1. The van der Waals surface area contributed by atoms with Crippen LogP contribution in [-0.4, -0.2) is 31.6 Å². The van der Waals surface area contributed by atoms with Crippen molar-refractivity contribution in [2.75, 3.05) is 25.6 Å². The summed E-state index contributed by atoms with van der Waals surface area (Å²) in [4.78, 5) is 16.5. The molecule has 4 atom stereocenters. The number of unbranched alkanes of at least 4 members (excludes halogenated alkanes) is 1. The monoisotopic (exact) mass is 582 g/mol. The van der Waals surface area contributed by atoms with Gasteiger partial charge in [0, 0.05) is 54.5 Å². The largest absolute Gasteiger partial charge is 0.511 e. The highest BCUT2D eigenvalue weighted by atomic mass is 16.5. The van der Waals surface area contributed by atoms with Crippen LogP contribution in [0.4, 0.5) is 5.69 Å². The van der Waals surface area contributed by atoms with Gasteiger partial charge in [-0.1, -0.05) is 33.4 Å². The summed E-state index contributed by atoms with van der Waals surface area (Å²) in [7, 11) is 4.10. The number of carbonyl (C=O) groups excluding carboxylic acids is 1. The number of nitriles is 1. The number of fused-ring (bicyclic) bond motifs is 2. The SMILES string of the molecule is C=C(NCc1cc(N(C)C)c2c(c1C)C(=C)C1=C(O)[C@]3(C)C(=O)C(C(=C)N)=C(C#N)[C@H]4CC[C@]43C[C@]1(C)C2)OCCCC. The summed E-state index contributed by atoms with van der Waals surface area (Å²) in [6.45, 7) is 21.9. The lowest BCUT2D eigenvalue weighted by atomic mass is 9.35. The van der Waals surface area contributed by atoms with E-state index in [1.54, 1.807) is 0 Å². The molecule has 1 spiro atoms. The van der Waals surface area contributed by atoms with Crippen LogP contribution in [0.2, 0.25) is 0 Å². The highest BCUT2D eigenvalue weighted by Crippen LogP contribution is 2.75. The summed E-state index contributed by atoms with van der Waals surface area (Å²) >= 11 is 0. The van der Waals surface area contributed by atoms with Gasteiger partial charge in [0.25, 0.3) is 0 Å². The first-order valence-electron chi connectivity index (χ1n) is 15.4. The second-order valence-electron chi connectivity index (χ2n) is 13.7. The minimum absolute atomic E-state index is 0.0781. The van der Waals surface area contributed by atoms with Crippen molar-refractivity contribution in [3.63, 3.8) is 0 Å². The number of hydrogen-bond donors (Lipinski definition) is 3. The molecule has 7 heteroatoms. The van der Waals surface area contributed by atoms with Gasteiger partial charge in [0.05, 0.1) is 23.7 Å². The fourth-order valence-corrected chi connectivity index (χ4v) is 8.74. The van der Waals surface area contributed by atoms with E-state index in [1.165, 1.54) is 5.56 Å². The minimum atomic E-state index is -1.21. The van der Waals surface area contributed by atoms with Gasteiger partial charge in [-0.3, -0.25) is 4.79 Å². The summed E-state index contributed by atoms with van der Waals surface area (Å²) in [5.41, 5.74) is 11.6. The van der Waals surface area contributed by atoms with E-state index < -0.39 is 16.2 Å². The fraction of sp³-hybridized carbons (Fsp3) is 0.500. The van der Waals surface area contributed by atoms with Gasteiger partial charge in [0.2, 0.25) is 0 Å². The minimum Gasteiger partial charge on any atom is -0.511 e. The zero-order chi connectivity index (χ0) is 31.6. The van der Waals surface area contributed by atoms with Crippen LogP contribution in [0.3, 0.4) is 0 Å². The molecule has 0 saturated heterocycles. The number of ketones is 1. The summed E-state index contributed by atoms with van der Waals surface area (Å²) in [6, 6.07) is 4.54. The predicted molar refractivity (Wildman–Crippen MR) is 172 cm³/mol. The highest BCUT2D eigenvalue weighted by Gasteiger charge is 2.72. The lowest BCUT2D eigenvalue weighted by Crippen LogP contribution is -2.65. The Bertz CT molecular complexity index is 1570. The maximum Gasteiger partial charge on any atom is 0.179 e. The summed E-state index contributed by atoms with van der Waals surface area (Å²) < 4.78 is 5.74. The number of anilines is 1. The molecule has 1 aromatic carbocycles. The molecule has 0 radical (unpaired) electrons. The highest BCUT2D eigenvalue weighted by molar-refractivity contribution is 6.09.